The topological polar surface area (TPSA) is 89.3 Å². The Hall–Kier alpha value is -1.94. The highest BCUT2D eigenvalue weighted by atomic mass is 19.4. The van der Waals surface area contributed by atoms with E-state index in [1.807, 2.05) is 0 Å². The molecule has 24 heavy (non-hydrogen) atoms. The summed E-state index contributed by atoms with van der Waals surface area (Å²) in [6.45, 7) is 2.23. The molecule has 1 aliphatic rings. The molecule has 2 N–H and O–H groups in total. The van der Waals surface area contributed by atoms with Gasteiger partial charge in [0.25, 0.3) is 0 Å². The lowest BCUT2D eigenvalue weighted by atomic mass is 9.79. The molecule has 0 spiro atoms. The number of nitrogens with one attached hydrogen (secondary N) is 2. The average molecular weight is 348 g/mol. The minimum absolute atomic E-state index is 0.184. The second-order valence-corrected chi connectivity index (χ2v) is 5.88. The van der Waals surface area contributed by atoms with Crippen molar-refractivity contribution in [1.29, 1.82) is 0 Å². The number of methoxy groups -OCH3 is 1. The van der Waals surface area contributed by atoms with Crippen molar-refractivity contribution < 1.29 is 22.8 Å². The Labute approximate surface area is 136 Å². The van der Waals surface area contributed by atoms with Crippen molar-refractivity contribution in [3.05, 3.63) is 28.1 Å². The van der Waals surface area contributed by atoms with Gasteiger partial charge in [-0.2, -0.15) is 13.2 Å². The summed E-state index contributed by atoms with van der Waals surface area (Å²) >= 11 is 0. The lowest BCUT2D eigenvalue weighted by molar-refractivity contribution is -0.384. The Morgan fingerprint density at radius 1 is 1.46 bits per heavy atom. The molecule has 0 saturated carbocycles. The molecule has 0 amide bonds. The molecule has 134 valence electrons. The Kier molecular flexibility index (Phi) is 5.60. The first-order valence-corrected chi connectivity index (χ1v) is 7.43. The van der Waals surface area contributed by atoms with Gasteiger partial charge in [0.15, 0.2) is 0 Å². The molecule has 1 fully saturated rings. The fourth-order valence-electron chi connectivity index (χ4n) is 2.81. The molecule has 0 aliphatic carbocycles. The summed E-state index contributed by atoms with van der Waals surface area (Å²) in [4.78, 5) is 13.4. The Morgan fingerprint density at radius 3 is 2.67 bits per heavy atom. The molecule has 10 heteroatoms. The number of alkyl halides is 3. The van der Waals surface area contributed by atoms with Crippen LogP contribution in [0.1, 0.15) is 18.5 Å². The van der Waals surface area contributed by atoms with Crippen LogP contribution in [0.15, 0.2) is 12.3 Å². The summed E-state index contributed by atoms with van der Waals surface area (Å²) in [5.74, 6) is 0. The van der Waals surface area contributed by atoms with Gasteiger partial charge in [0, 0.05) is 19.1 Å². The van der Waals surface area contributed by atoms with E-state index in [4.69, 9.17) is 4.74 Å². The number of pyridine rings is 1. The van der Waals surface area contributed by atoms with Crippen molar-refractivity contribution in [2.45, 2.75) is 19.0 Å². The van der Waals surface area contributed by atoms with Crippen molar-refractivity contribution in [1.82, 2.24) is 10.3 Å². The predicted molar refractivity (Wildman–Crippen MR) is 80.8 cm³/mol. The first-order chi connectivity index (χ1) is 11.3. The third kappa shape index (κ3) is 4.32. The number of hydrogen-bond donors (Lipinski definition) is 2. The van der Waals surface area contributed by atoms with Gasteiger partial charge in [-0.25, -0.2) is 4.98 Å². The van der Waals surface area contributed by atoms with Crippen LogP contribution in [0.25, 0.3) is 0 Å². The van der Waals surface area contributed by atoms with Crippen LogP contribution in [0.4, 0.5) is 24.5 Å². The number of halogens is 3. The van der Waals surface area contributed by atoms with Crippen molar-refractivity contribution in [3.63, 3.8) is 0 Å². The fraction of sp³-hybridized carbons (Fsp3) is 0.643. The first-order valence-electron chi connectivity index (χ1n) is 7.43. The van der Waals surface area contributed by atoms with Gasteiger partial charge in [-0.05, 0) is 32.0 Å². The molecule has 2 rings (SSSR count). The van der Waals surface area contributed by atoms with Crippen LogP contribution < -0.4 is 10.6 Å². The van der Waals surface area contributed by atoms with E-state index in [1.165, 1.54) is 0 Å². The van der Waals surface area contributed by atoms with Crippen LogP contribution in [-0.2, 0) is 10.9 Å². The van der Waals surface area contributed by atoms with E-state index in [-0.39, 0.29) is 17.6 Å². The van der Waals surface area contributed by atoms with E-state index >= 15 is 0 Å². The highest BCUT2D eigenvalue weighted by molar-refractivity contribution is 5.61. The number of anilines is 1. The summed E-state index contributed by atoms with van der Waals surface area (Å²) in [5.41, 5.74) is -2.11. The fourth-order valence-corrected chi connectivity index (χ4v) is 2.81. The van der Waals surface area contributed by atoms with Gasteiger partial charge in [-0.1, -0.05) is 0 Å². The van der Waals surface area contributed by atoms with Crippen molar-refractivity contribution in [2.75, 3.05) is 38.7 Å². The third-order valence-corrected chi connectivity index (χ3v) is 4.14. The largest absolute Gasteiger partial charge is 0.433 e. The highest BCUT2D eigenvalue weighted by Crippen LogP contribution is 2.35. The zero-order chi connectivity index (χ0) is 17.8. The summed E-state index contributed by atoms with van der Waals surface area (Å²) in [5, 5.41) is 17.1. The Bertz CT molecular complexity index is 584. The molecule has 1 aromatic rings. The maximum Gasteiger partial charge on any atom is 0.433 e. The van der Waals surface area contributed by atoms with E-state index in [1.54, 1.807) is 7.11 Å². The Balaban J connectivity index is 2.24. The van der Waals surface area contributed by atoms with E-state index in [9.17, 15) is 23.3 Å². The maximum atomic E-state index is 12.8. The van der Waals surface area contributed by atoms with Crippen LogP contribution in [0.3, 0.4) is 0 Å². The lowest BCUT2D eigenvalue weighted by Gasteiger charge is -2.37. The SMILES string of the molecule is COCC1(CNc2cc(C(F)(F)F)ncc2[N+](=O)[O-])CCNCC1. The summed E-state index contributed by atoms with van der Waals surface area (Å²) in [6, 6.07) is 0.680. The second-order valence-electron chi connectivity index (χ2n) is 5.88. The number of rotatable bonds is 6. The number of nitro groups is 1. The minimum Gasteiger partial charge on any atom is -0.384 e. The zero-order valence-electron chi connectivity index (χ0n) is 13.2. The minimum atomic E-state index is -4.66. The van der Waals surface area contributed by atoms with Gasteiger partial charge in [0.1, 0.15) is 17.6 Å². The van der Waals surface area contributed by atoms with E-state index < -0.39 is 22.5 Å². The number of hydrogen-bond acceptors (Lipinski definition) is 6. The molecule has 0 aromatic carbocycles. The quantitative estimate of drug-likeness (QED) is 0.606. The van der Waals surface area contributed by atoms with Crippen LogP contribution in [0, 0.1) is 15.5 Å². The van der Waals surface area contributed by atoms with Gasteiger partial charge in [0.2, 0.25) is 0 Å². The smallest absolute Gasteiger partial charge is 0.384 e. The van der Waals surface area contributed by atoms with E-state index in [2.05, 4.69) is 15.6 Å². The highest BCUT2D eigenvalue weighted by Gasteiger charge is 2.36. The van der Waals surface area contributed by atoms with E-state index in [0.717, 1.165) is 25.9 Å². The summed E-state index contributed by atoms with van der Waals surface area (Å²) in [7, 11) is 1.56. The molecule has 2 heterocycles. The molecular weight excluding hydrogens is 329 g/mol. The van der Waals surface area contributed by atoms with Crippen molar-refractivity contribution in [3.8, 4) is 0 Å². The van der Waals surface area contributed by atoms with Crippen LogP contribution in [-0.4, -0.2) is 43.3 Å². The average Bonchev–Trinajstić information content (AvgIpc) is 2.53. The predicted octanol–water partition coefficient (Wildman–Crippen LogP) is 2.44. The van der Waals surface area contributed by atoms with Gasteiger partial charge in [-0.3, -0.25) is 10.1 Å². The molecule has 0 radical (unpaired) electrons. The van der Waals surface area contributed by atoms with Gasteiger partial charge in [-0.15, -0.1) is 0 Å². The molecule has 0 unspecified atom stereocenters. The molecule has 1 saturated heterocycles. The molecule has 1 aromatic heterocycles. The van der Waals surface area contributed by atoms with Crippen molar-refractivity contribution >= 4 is 11.4 Å². The number of nitrogens with zero attached hydrogens (tertiary/aromatic N) is 2. The molecule has 7 nitrogen and oxygen atoms in total. The van der Waals surface area contributed by atoms with Gasteiger partial charge < -0.3 is 15.4 Å². The molecule has 1 aliphatic heterocycles. The third-order valence-electron chi connectivity index (χ3n) is 4.14. The monoisotopic (exact) mass is 348 g/mol. The summed E-state index contributed by atoms with van der Waals surface area (Å²) in [6.07, 6.45) is -2.50. The van der Waals surface area contributed by atoms with Crippen LogP contribution >= 0.6 is 0 Å². The van der Waals surface area contributed by atoms with Gasteiger partial charge in [0.05, 0.1) is 11.5 Å². The normalized spacial score (nSPS) is 17.5. The zero-order valence-corrected chi connectivity index (χ0v) is 13.2. The van der Waals surface area contributed by atoms with Crippen molar-refractivity contribution in [2.24, 2.45) is 5.41 Å². The maximum absolute atomic E-state index is 12.8. The standard InChI is InChI=1S/C14H19F3N4O3/c1-24-9-13(2-4-18-5-3-13)8-20-10-6-12(14(15,16)17)19-7-11(10)21(22)23/h6-7,18H,2-5,8-9H2,1H3,(H,19,20). The van der Waals surface area contributed by atoms with Crippen LogP contribution in [0.5, 0.6) is 0 Å². The lowest BCUT2D eigenvalue weighted by Crippen LogP contribution is -2.44. The number of piperidine rings is 1. The van der Waals surface area contributed by atoms with Crippen LogP contribution in [0.2, 0.25) is 0 Å². The van der Waals surface area contributed by atoms with Gasteiger partial charge >= 0.3 is 11.9 Å². The number of aromatic nitrogens is 1. The van der Waals surface area contributed by atoms with E-state index in [0.29, 0.717) is 18.9 Å². The second kappa shape index (κ2) is 7.31. The number of ether oxygens (including phenoxy) is 1. The molecule has 0 bridgehead atoms. The molecular formula is C14H19F3N4O3. The summed E-state index contributed by atoms with van der Waals surface area (Å²) < 4.78 is 43.6. The Morgan fingerprint density at radius 2 is 2.12 bits per heavy atom. The molecule has 0 atom stereocenters. The first kappa shape index (κ1) is 18.4.